The number of nitrogens with two attached hydrogens (primary N) is 1. The molecule has 0 spiro atoms. The van der Waals surface area contributed by atoms with Gasteiger partial charge in [-0.15, -0.1) is 0 Å². The van der Waals surface area contributed by atoms with E-state index in [0.717, 1.165) is 31.2 Å². The van der Waals surface area contributed by atoms with Gasteiger partial charge in [-0.25, -0.2) is 4.39 Å². The second kappa shape index (κ2) is 6.14. The van der Waals surface area contributed by atoms with E-state index in [0.29, 0.717) is 17.3 Å². The monoisotopic (exact) mass is 327 g/mol. The number of carbonyl (C=O) groups is 1. The van der Waals surface area contributed by atoms with Crippen molar-refractivity contribution in [2.45, 2.75) is 50.5 Å². The fraction of sp³-hybridized carbons (Fsp3) is 0.533. The highest BCUT2D eigenvalue weighted by molar-refractivity contribution is 9.10. The maximum Gasteiger partial charge on any atom is 0.139 e. The van der Waals surface area contributed by atoms with E-state index >= 15 is 0 Å². The van der Waals surface area contributed by atoms with E-state index in [1.165, 1.54) is 12.5 Å². The molecule has 0 unspecified atom stereocenters. The summed E-state index contributed by atoms with van der Waals surface area (Å²) in [5.41, 5.74) is 6.80. The summed E-state index contributed by atoms with van der Waals surface area (Å²) in [7, 11) is 0. The summed E-state index contributed by atoms with van der Waals surface area (Å²) in [6.45, 7) is 0. The highest BCUT2D eigenvalue weighted by Crippen LogP contribution is 2.29. The van der Waals surface area contributed by atoms with Crippen molar-refractivity contribution < 1.29 is 9.18 Å². The number of hydrogen-bond donors (Lipinski definition) is 1. The molecule has 0 aliphatic heterocycles. The molecule has 2 nitrogen and oxygen atoms in total. The van der Waals surface area contributed by atoms with E-state index in [4.69, 9.17) is 5.73 Å². The zero-order chi connectivity index (χ0) is 13.9. The van der Waals surface area contributed by atoms with Gasteiger partial charge in [0, 0.05) is 18.4 Å². The molecule has 1 aliphatic carbocycles. The summed E-state index contributed by atoms with van der Waals surface area (Å²) in [6, 6.07) is 4.70. The molecule has 0 heterocycles. The highest BCUT2D eigenvalue weighted by atomic mass is 79.9. The van der Waals surface area contributed by atoms with Gasteiger partial charge in [-0.1, -0.05) is 25.3 Å². The van der Waals surface area contributed by atoms with Gasteiger partial charge in [-0.2, -0.15) is 0 Å². The normalized spacial score (nSPS) is 18.3. The van der Waals surface area contributed by atoms with Crippen LogP contribution in [0.15, 0.2) is 22.7 Å². The van der Waals surface area contributed by atoms with Crippen molar-refractivity contribution in [1.29, 1.82) is 0 Å². The average molecular weight is 328 g/mol. The Morgan fingerprint density at radius 3 is 2.63 bits per heavy atom. The fourth-order valence-electron chi connectivity index (χ4n) is 2.77. The smallest absolute Gasteiger partial charge is 0.139 e. The van der Waals surface area contributed by atoms with Crippen LogP contribution in [-0.2, 0) is 11.2 Å². The average Bonchev–Trinajstić information content (AvgIpc) is 2.34. The van der Waals surface area contributed by atoms with Crippen molar-refractivity contribution in [3.05, 3.63) is 34.1 Å². The van der Waals surface area contributed by atoms with Crippen molar-refractivity contribution in [1.82, 2.24) is 0 Å². The quantitative estimate of drug-likeness (QED) is 0.915. The summed E-state index contributed by atoms with van der Waals surface area (Å²) >= 11 is 3.13. The molecule has 1 saturated carbocycles. The van der Waals surface area contributed by atoms with Crippen LogP contribution >= 0.6 is 15.9 Å². The summed E-state index contributed by atoms with van der Waals surface area (Å²) in [4.78, 5) is 12.1. The fourth-order valence-corrected chi connectivity index (χ4v) is 3.19. The third kappa shape index (κ3) is 4.11. The predicted molar refractivity (Wildman–Crippen MR) is 77.4 cm³/mol. The lowest BCUT2D eigenvalue weighted by Gasteiger charge is -2.32. The minimum absolute atomic E-state index is 0.142. The van der Waals surface area contributed by atoms with E-state index in [9.17, 15) is 9.18 Å². The molecule has 0 saturated heterocycles. The number of Topliss-reactive ketones (excluding diaryl/α,β-unsaturated/α-hetero) is 1. The van der Waals surface area contributed by atoms with Crippen LogP contribution in [0, 0.1) is 5.82 Å². The Hall–Kier alpha value is -0.740. The third-order valence-corrected chi connectivity index (χ3v) is 4.39. The van der Waals surface area contributed by atoms with Crippen LogP contribution in [0.4, 0.5) is 4.39 Å². The van der Waals surface area contributed by atoms with Gasteiger partial charge in [0.25, 0.3) is 0 Å². The summed E-state index contributed by atoms with van der Waals surface area (Å²) in [5.74, 6) is -0.165. The molecule has 2 N–H and O–H groups in total. The van der Waals surface area contributed by atoms with Crippen molar-refractivity contribution >= 4 is 21.7 Å². The maximum atomic E-state index is 13.1. The Morgan fingerprint density at radius 1 is 1.32 bits per heavy atom. The Balaban J connectivity index is 1.95. The minimum atomic E-state index is -0.313. The zero-order valence-electron chi connectivity index (χ0n) is 10.9. The van der Waals surface area contributed by atoms with Crippen molar-refractivity contribution in [3.63, 3.8) is 0 Å². The van der Waals surface area contributed by atoms with Gasteiger partial charge in [-0.05, 0) is 46.5 Å². The number of benzene rings is 1. The van der Waals surface area contributed by atoms with E-state index < -0.39 is 0 Å². The van der Waals surface area contributed by atoms with E-state index in [1.807, 2.05) is 0 Å². The first-order chi connectivity index (χ1) is 8.98. The lowest BCUT2D eigenvalue weighted by atomic mass is 9.78. The van der Waals surface area contributed by atoms with Gasteiger partial charge in [0.05, 0.1) is 4.47 Å². The topological polar surface area (TPSA) is 43.1 Å². The Kier molecular flexibility index (Phi) is 4.74. The van der Waals surface area contributed by atoms with Crippen molar-refractivity contribution in [2.24, 2.45) is 5.73 Å². The molecule has 4 heteroatoms. The second-order valence-electron chi connectivity index (χ2n) is 5.56. The minimum Gasteiger partial charge on any atom is -0.325 e. The number of halogens is 2. The number of ketones is 1. The van der Waals surface area contributed by atoms with Gasteiger partial charge in [0.2, 0.25) is 0 Å². The van der Waals surface area contributed by atoms with E-state index in [1.54, 1.807) is 12.1 Å². The largest absolute Gasteiger partial charge is 0.325 e. The molecule has 0 radical (unpaired) electrons. The van der Waals surface area contributed by atoms with Gasteiger partial charge in [0.1, 0.15) is 11.6 Å². The van der Waals surface area contributed by atoms with Crippen LogP contribution in [0.2, 0.25) is 0 Å². The molecule has 0 amide bonds. The molecule has 1 fully saturated rings. The Morgan fingerprint density at radius 2 is 2.00 bits per heavy atom. The number of hydrogen-bond acceptors (Lipinski definition) is 2. The predicted octanol–water partition coefficient (Wildman–Crippen LogP) is 3.75. The molecule has 0 bridgehead atoms. The molecule has 19 heavy (non-hydrogen) atoms. The van der Waals surface area contributed by atoms with Crippen LogP contribution in [0.1, 0.15) is 44.1 Å². The first-order valence-electron chi connectivity index (χ1n) is 6.73. The van der Waals surface area contributed by atoms with Crippen LogP contribution in [0.25, 0.3) is 0 Å². The summed E-state index contributed by atoms with van der Waals surface area (Å²) in [5, 5.41) is 0. The maximum absolute atomic E-state index is 13.1. The van der Waals surface area contributed by atoms with Crippen LogP contribution < -0.4 is 5.73 Å². The van der Waals surface area contributed by atoms with Gasteiger partial charge >= 0.3 is 0 Å². The van der Waals surface area contributed by atoms with Crippen molar-refractivity contribution in [3.8, 4) is 0 Å². The van der Waals surface area contributed by atoms with Gasteiger partial charge < -0.3 is 5.73 Å². The molecule has 2 rings (SSSR count). The van der Waals surface area contributed by atoms with E-state index in [2.05, 4.69) is 15.9 Å². The highest BCUT2D eigenvalue weighted by Gasteiger charge is 2.29. The van der Waals surface area contributed by atoms with E-state index in [-0.39, 0.29) is 17.1 Å². The van der Waals surface area contributed by atoms with Crippen LogP contribution in [-0.4, -0.2) is 11.3 Å². The summed E-state index contributed by atoms with van der Waals surface area (Å²) < 4.78 is 13.5. The molecular formula is C15H19BrFNO. The molecule has 1 aromatic carbocycles. The van der Waals surface area contributed by atoms with Crippen molar-refractivity contribution in [2.75, 3.05) is 0 Å². The third-order valence-electron chi connectivity index (χ3n) is 3.78. The van der Waals surface area contributed by atoms with Crippen LogP contribution in [0.5, 0.6) is 0 Å². The number of rotatable bonds is 4. The molecule has 1 aromatic rings. The van der Waals surface area contributed by atoms with Crippen LogP contribution in [0.3, 0.4) is 0 Å². The molecule has 1 aliphatic rings. The standard InChI is InChI=1S/C15H19BrFNO/c16-13-9-11(4-5-14(13)17)8-12(19)10-15(18)6-2-1-3-7-15/h4-5,9H,1-3,6-8,10,18H2. The lowest BCUT2D eigenvalue weighted by Crippen LogP contribution is -2.43. The summed E-state index contributed by atoms with van der Waals surface area (Å²) in [6.07, 6.45) is 6.09. The molecule has 104 valence electrons. The molecule has 0 aromatic heterocycles. The first-order valence-corrected chi connectivity index (χ1v) is 7.52. The van der Waals surface area contributed by atoms with Gasteiger partial charge in [-0.3, -0.25) is 4.79 Å². The lowest BCUT2D eigenvalue weighted by molar-refractivity contribution is -0.119. The van der Waals surface area contributed by atoms with Gasteiger partial charge in [0.15, 0.2) is 0 Å². The SMILES string of the molecule is NC1(CC(=O)Cc2ccc(F)c(Br)c2)CCCCC1. The first kappa shape index (κ1) is 14.7. The molecular weight excluding hydrogens is 309 g/mol. The second-order valence-corrected chi connectivity index (χ2v) is 6.42. The zero-order valence-corrected chi connectivity index (χ0v) is 12.5. The number of carbonyl (C=O) groups excluding carboxylic acids is 1. The molecule has 0 atom stereocenters. The Bertz CT molecular complexity index is 469. The Labute approximate surface area is 121 Å².